The highest BCUT2D eigenvalue weighted by Gasteiger charge is 2.29. The van der Waals surface area contributed by atoms with Crippen molar-refractivity contribution in [3.8, 4) is 0 Å². The highest BCUT2D eigenvalue weighted by atomic mass is 32.2. The van der Waals surface area contributed by atoms with Gasteiger partial charge < -0.3 is 9.88 Å². The van der Waals surface area contributed by atoms with Crippen LogP contribution in [0.3, 0.4) is 0 Å². The third kappa shape index (κ3) is 3.62. The van der Waals surface area contributed by atoms with E-state index in [-0.39, 0.29) is 6.04 Å². The Labute approximate surface area is 143 Å². The van der Waals surface area contributed by atoms with Crippen LogP contribution in [0.15, 0.2) is 35.5 Å². The van der Waals surface area contributed by atoms with Gasteiger partial charge >= 0.3 is 0 Å². The van der Waals surface area contributed by atoms with Crippen molar-refractivity contribution in [2.45, 2.75) is 57.1 Å². The molecular formula is C17H24N4O2S. The van der Waals surface area contributed by atoms with Gasteiger partial charge in [0.25, 0.3) is 0 Å². The second kappa shape index (κ2) is 6.57. The summed E-state index contributed by atoms with van der Waals surface area (Å²) < 4.78 is 29.8. The zero-order chi connectivity index (χ0) is 17.3. The molecule has 1 aromatic carbocycles. The van der Waals surface area contributed by atoms with Crippen molar-refractivity contribution in [1.82, 2.24) is 14.3 Å². The van der Waals surface area contributed by atoms with Gasteiger partial charge in [-0.15, -0.1) is 0 Å². The number of anilines is 1. The van der Waals surface area contributed by atoms with Crippen molar-refractivity contribution in [2.24, 2.45) is 0 Å². The zero-order valence-corrected chi connectivity index (χ0v) is 15.1. The lowest BCUT2D eigenvalue weighted by atomic mass is 10.2. The molecule has 0 atom stereocenters. The molecule has 1 aliphatic carbocycles. The maximum atomic E-state index is 12.5. The van der Waals surface area contributed by atoms with Crippen LogP contribution in [0.5, 0.6) is 0 Å². The van der Waals surface area contributed by atoms with Gasteiger partial charge in [-0.3, -0.25) is 0 Å². The monoisotopic (exact) mass is 348 g/mol. The van der Waals surface area contributed by atoms with Gasteiger partial charge in [-0.1, -0.05) is 6.07 Å². The van der Waals surface area contributed by atoms with Crippen LogP contribution in [0.4, 0.5) is 5.69 Å². The van der Waals surface area contributed by atoms with Crippen molar-refractivity contribution in [1.29, 1.82) is 0 Å². The summed E-state index contributed by atoms with van der Waals surface area (Å²) in [7, 11) is -3.45. The molecule has 1 saturated carbocycles. The first-order valence-electron chi connectivity index (χ1n) is 8.26. The lowest BCUT2D eigenvalue weighted by Gasteiger charge is -2.16. The number of benzene rings is 1. The van der Waals surface area contributed by atoms with Gasteiger partial charge in [-0.25, -0.2) is 18.1 Å². The normalized spacial score (nSPS) is 15.0. The van der Waals surface area contributed by atoms with E-state index in [1.54, 1.807) is 18.3 Å². The standard InChI is InChI=1S/C17H24N4O2S/c1-12(2)21-10-9-18-17(21)11-19-15-5-4-6-16(13(15)3)24(22,23)20-14-7-8-14/h4-6,9-10,12,14,19-20H,7-8,11H2,1-3H3. The van der Waals surface area contributed by atoms with Crippen molar-refractivity contribution in [2.75, 3.05) is 5.32 Å². The zero-order valence-electron chi connectivity index (χ0n) is 14.3. The number of rotatable bonds is 7. The minimum absolute atomic E-state index is 0.101. The molecule has 6 nitrogen and oxygen atoms in total. The molecule has 1 heterocycles. The summed E-state index contributed by atoms with van der Waals surface area (Å²) in [5.41, 5.74) is 1.54. The van der Waals surface area contributed by atoms with E-state index in [0.717, 1.165) is 29.9 Å². The van der Waals surface area contributed by atoms with Crippen LogP contribution < -0.4 is 10.0 Å². The number of hydrogen-bond acceptors (Lipinski definition) is 4. The van der Waals surface area contributed by atoms with Crippen molar-refractivity contribution < 1.29 is 8.42 Å². The maximum absolute atomic E-state index is 12.5. The fourth-order valence-corrected chi connectivity index (χ4v) is 4.28. The Morgan fingerprint density at radius 3 is 2.75 bits per heavy atom. The van der Waals surface area contributed by atoms with Gasteiger partial charge in [0.05, 0.1) is 11.4 Å². The van der Waals surface area contributed by atoms with Gasteiger partial charge in [-0.2, -0.15) is 0 Å². The van der Waals surface area contributed by atoms with Gasteiger partial charge in [0.15, 0.2) is 0 Å². The molecule has 0 unspecified atom stereocenters. The van der Waals surface area contributed by atoms with Gasteiger partial charge in [0, 0.05) is 30.2 Å². The predicted molar refractivity (Wildman–Crippen MR) is 94.5 cm³/mol. The summed E-state index contributed by atoms with van der Waals surface area (Å²) in [6.45, 7) is 6.59. The number of nitrogens with one attached hydrogen (secondary N) is 2. The number of imidazole rings is 1. The lowest BCUT2D eigenvalue weighted by Crippen LogP contribution is -2.26. The van der Waals surface area contributed by atoms with E-state index in [1.165, 1.54) is 0 Å². The lowest BCUT2D eigenvalue weighted by molar-refractivity contribution is 0.573. The molecule has 0 spiro atoms. The minimum atomic E-state index is -3.45. The number of hydrogen-bond donors (Lipinski definition) is 2. The van der Waals surface area contributed by atoms with Gasteiger partial charge in [-0.05, 0) is 51.3 Å². The first-order chi connectivity index (χ1) is 11.4. The van der Waals surface area contributed by atoms with E-state index in [9.17, 15) is 8.42 Å². The maximum Gasteiger partial charge on any atom is 0.241 e. The van der Waals surface area contributed by atoms with Crippen LogP contribution in [-0.2, 0) is 16.6 Å². The van der Waals surface area contributed by atoms with E-state index >= 15 is 0 Å². The molecule has 24 heavy (non-hydrogen) atoms. The van der Waals surface area contributed by atoms with E-state index in [4.69, 9.17) is 0 Å². The van der Waals surface area contributed by atoms with Gasteiger partial charge in [0.2, 0.25) is 10.0 Å². The smallest absolute Gasteiger partial charge is 0.241 e. The van der Waals surface area contributed by atoms with E-state index in [1.807, 2.05) is 19.2 Å². The average Bonchev–Trinajstić information content (AvgIpc) is 3.18. The molecule has 1 aromatic heterocycles. The topological polar surface area (TPSA) is 76.0 Å². The Kier molecular flexibility index (Phi) is 4.64. The first kappa shape index (κ1) is 17.0. The molecule has 1 fully saturated rings. The van der Waals surface area contributed by atoms with Gasteiger partial charge in [0.1, 0.15) is 5.82 Å². The summed E-state index contributed by atoms with van der Waals surface area (Å²) in [4.78, 5) is 4.71. The highest BCUT2D eigenvalue weighted by molar-refractivity contribution is 7.89. The van der Waals surface area contributed by atoms with Crippen LogP contribution in [-0.4, -0.2) is 24.0 Å². The molecule has 0 amide bonds. The second-order valence-corrected chi connectivity index (χ2v) is 8.20. The van der Waals surface area contributed by atoms with Crippen LogP contribution in [0.1, 0.15) is 44.1 Å². The summed E-state index contributed by atoms with van der Waals surface area (Å²) in [5.74, 6) is 0.925. The number of nitrogens with zero attached hydrogens (tertiary/aromatic N) is 2. The first-order valence-corrected chi connectivity index (χ1v) is 9.74. The Balaban J connectivity index is 1.79. The molecule has 7 heteroatoms. The largest absolute Gasteiger partial charge is 0.378 e. The molecule has 3 rings (SSSR count). The van der Waals surface area contributed by atoms with E-state index < -0.39 is 10.0 Å². The molecule has 0 saturated heterocycles. The van der Waals surface area contributed by atoms with Crippen molar-refractivity contribution in [3.05, 3.63) is 42.0 Å². The number of sulfonamides is 1. The summed E-state index contributed by atoms with van der Waals surface area (Å²) in [5, 5.41) is 3.32. The highest BCUT2D eigenvalue weighted by Crippen LogP contribution is 2.27. The molecule has 2 N–H and O–H groups in total. The Morgan fingerprint density at radius 1 is 1.33 bits per heavy atom. The molecule has 0 radical (unpaired) electrons. The molecule has 2 aromatic rings. The predicted octanol–water partition coefficient (Wildman–Crippen LogP) is 2.83. The van der Waals surface area contributed by atoms with E-state index in [2.05, 4.69) is 33.4 Å². The Morgan fingerprint density at radius 2 is 2.08 bits per heavy atom. The third-order valence-corrected chi connectivity index (χ3v) is 5.88. The SMILES string of the molecule is Cc1c(NCc2nccn2C(C)C)cccc1S(=O)(=O)NC1CC1. The fourth-order valence-electron chi connectivity index (χ4n) is 2.71. The summed E-state index contributed by atoms with van der Waals surface area (Å²) in [6.07, 6.45) is 5.58. The Bertz CT molecular complexity index is 823. The number of aromatic nitrogens is 2. The molecule has 0 aliphatic heterocycles. The van der Waals surface area contributed by atoms with E-state index in [0.29, 0.717) is 17.5 Å². The molecule has 130 valence electrons. The average molecular weight is 348 g/mol. The fraction of sp³-hybridized carbons (Fsp3) is 0.471. The van der Waals surface area contributed by atoms with Crippen LogP contribution in [0, 0.1) is 6.92 Å². The summed E-state index contributed by atoms with van der Waals surface area (Å²) >= 11 is 0. The second-order valence-electron chi connectivity index (χ2n) is 6.52. The van der Waals surface area contributed by atoms with Crippen LogP contribution in [0.25, 0.3) is 0 Å². The van der Waals surface area contributed by atoms with Crippen molar-refractivity contribution >= 4 is 15.7 Å². The van der Waals surface area contributed by atoms with Crippen molar-refractivity contribution in [3.63, 3.8) is 0 Å². The molecule has 0 bridgehead atoms. The molecular weight excluding hydrogens is 324 g/mol. The minimum Gasteiger partial charge on any atom is -0.378 e. The molecule has 1 aliphatic rings. The van der Waals surface area contributed by atoms with Crippen LogP contribution in [0.2, 0.25) is 0 Å². The summed E-state index contributed by atoms with van der Waals surface area (Å²) in [6, 6.07) is 5.75. The Hall–Kier alpha value is -1.86. The third-order valence-electron chi connectivity index (χ3n) is 4.21. The van der Waals surface area contributed by atoms with Crippen LogP contribution >= 0.6 is 0 Å². The quantitative estimate of drug-likeness (QED) is 0.807.